The summed E-state index contributed by atoms with van der Waals surface area (Å²) in [4.78, 5) is 33.7. The number of carboxylic acids is 1. The minimum absolute atomic E-state index is 0.0356. The summed E-state index contributed by atoms with van der Waals surface area (Å²) < 4.78 is 36.3. The molecule has 0 radical (unpaired) electrons. The van der Waals surface area contributed by atoms with E-state index in [-0.39, 0.29) is 43.1 Å². The molecular weight excluding hydrogens is 454 g/mol. The maximum absolute atomic E-state index is 14.8. The average molecular weight is 478 g/mol. The first kappa shape index (κ1) is 23.4. The second kappa shape index (κ2) is 8.85. The van der Waals surface area contributed by atoms with E-state index in [9.17, 15) is 18.4 Å². The lowest BCUT2D eigenvalue weighted by atomic mass is 10.0. The van der Waals surface area contributed by atoms with Gasteiger partial charge in [0.05, 0.1) is 6.61 Å². The number of nitrogens with two attached hydrogens (primary N) is 1. The lowest BCUT2D eigenvalue weighted by Gasteiger charge is -2.36. The zero-order chi connectivity index (χ0) is 24.6. The third-order valence-corrected chi connectivity index (χ3v) is 5.71. The fourth-order valence-corrected chi connectivity index (χ4v) is 3.62. The monoisotopic (exact) mass is 478 g/mol. The van der Waals surface area contributed by atoms with Gasteiger partial charge >= 0.3 is 5.97 Å². The van der Waals surface area contributed by atoms with Gasteiger partial charge in [0.2, 0.25) is 5.95 Å². The van der Waals surface area contributed by atoms with E-state index in [1.807, 2.05) is 4.90 Å². The smallest absolute Gasteiger partial charge is 0.323 e. The SMILES string of the molecule is Cn1nnc2c(=O)[nH]c(N3CCN(c4c(F)cc(OCC[C@](C)(N)C(=O)O)cc4F)CC3)nc21. The molecular formula is C20H24F2N8O4. The lowest BCUT2D eigenvalue weighted by Crippen LogP contribution is -2.48. The fraction of sp³-hybridized carbons (Fsp3) is 0.450. The van der Waals surface area contributed by atoms with E-state index in [1.165, 1.54) is 11.6 Å². The molecule has 0 unspecified atom stereocenters. The Morgan fingerprint density at radius 3 is 2.47 bits per heavy atom. The Hall–Kier alpha value is -3.81. The largest absolute Gasteiger partial charge is 0.493 e. The zero-order valence-corrected chi connectivity index (χ0v) is 18.6. The Morgan fingerprint density at radius 2 is 1.85 bits per heavy atom. The molecule has 1 aliphatic rings. The van der Waals surface area contributed by atoms with Crippen LogP contribution >= 0.6 is 0 Å². The van der Waals surface area contributed by atoms with Gasteiger partial charge in [-0.1, -0.05) is 5.21 Å². The average Bonchev–Trinajstić information content (AvgIpc) is 3.15. The number of fused-ring (bicyclic) bond motifs is 1. The molecule has 1 aromatic carbocycles. The van der Waals surface area contributed by atoms with Gasteiger partial charge in [0, 0.05) is 51.8 Å². The van der Waals surface area contributed by atoms with E-state index in [0.29, 0.717) is 24.7 Å². The van der Waals surface area contributed by atoms with Gasteiger partial charge in [-0.05, 0) is 6.92 Å². The van der Waals surface area contributed by atoms with Crippen LogP contribution in [0.4, 0.5) is 20.4 Å². The highest BCUT2D eigenvalue weighted by Gasteiger charge is 2.28. The topological polar surface area (TPSA) is 155 Å². The zero-order valence-electron chi connectivity index (χ0n) is 18.6. The molecule has 3 aromatic rings. The predicted molar refractivity (Wildman–Crippen MR) is 118 cm³/mol. The van der Waals surface area contributed by atoms with Crippen LogP contribution in [0.5, 0.6) is 5.75 Å². The summed E-state index contributed by atoms with van der Waals surface area (Å²) in [5.74, 6) is -2.52. The molecule has 1 fully saturated rings. The van der Waals surface area contributed by atoms with Crippen LogP contribution in [0, 0.1) is 11.6 Å². The summed E-state index contributed by atoms with van der Waals surface area (Å²) >= 11 is 0. The minimum Gasteiger partial charge on any atom is -0.493 e. The molecule has 1 atom stereocenters. The Bertz CT molecular complexity index is 1260. The molecule has 4 rings (SSSR count). The molecule has 3 heterocycles. The number of piperazine rings is 1. The molecule has 1 aliphatic heterocycles. The van der Waals surface area contributed by atoms with Crippen molar-refractivity contribution in [3.63, 3.8) is 0 Å². The number of aromatic amines is 1. The number of carbonyl (C=O) groups is 1. The van der Waals surface area contributed by atoms with Crippen LogP contribution in [-0.4, -0.2) is 74.4 Å². The van der Waals surface area contributed by atoms with Crippen LogP contribution < -0.4 is 25.8 Å². The standard InChI is InChI=1S/C20H24F2N8O4/c1-20(23,18(32)33)3-8-34-11-9-12(21)15(13(22)10-11)29-4-6-30(7-5-29)19-24-16-14(17(31)25-19)26-27-28(16)2/h9-10H,3-8,23H2,1-2H3,(H,32,33)(H,24,25,31)/t20-/m0/s1. The van der Waals surface area contributed by atoms with Gasteiger partial charge in [-0.2, -0.15) is 4.98 Å². The van der Waals surface area contributed by atoms with Gasteiger partial charge in [-0.3, -0.25) is 14.6 Å². The van der Waals surface area contributed by atoms with Crippen molar-refractivity contribution < 1.29 is 23.4 Å². The van der Waals surface area contributed by atoms with Crippen LogP contribution in [0.15, 0.2) is 16.9 Å². The van der Waals surface area contributed by atoms with Crippen molar-refractivity contribution in [2.24, 2.45) is 12.8 Å². The van der Waals surface area contributed by atoms with Crippen LogP contribution in [0.25, 0.3) is 11.2 Å². The number of hydrogen-bond donors (Lipinski definition) is 3. The Kier molecular flexibility index (Phi) is 6.08. The van der Waals surface area contributed by atoms with Crippen LogP contribution in [0.2, 0.25) is 0 Å². The second-order valence-electron chi connectivity index (χ2n) is 8.31. The molecule has 182 valence electrons. The number of carboxylic acid groups (broad SMARTS) is 1. The number of aryl methyl sites for hydroxylation is 1. The maximum Gasteiger partial charge on any atom is 0.323 e. The molecule has 0 aliphatic carbocycles. The van der Waals surface area contributed by atoms with Crippen LogP contribution in [0.1, 0.15) is 13.3 Å². The number of aromatic nitrogens is 5. The Balaban J connectivity index is 1.43. The van der Waals surface area contributed by atoms with Gasteiger partial charge in [0.1, 0.15) is 17.0 Å². The summed E-state index contributed by atoms with van der Waals surface area (Å²) in [7, 11) is 1.63. The highest BCUT2D eigenvalue weighted by molar-refractivity contribution is 5.77. The summed E-state index contributed by atoms with van der Waals surface area (Å²) in [5, 5.41) is 16.6. The summed E-state index contributed by atoms with van der Waals surface area (Å²) in [6.07, 6.45) is -0.0356. The van der Waals surface area contributed by atoms with E-state index in [1.54, 1.807) is 11.9 Å². The van der Waals surface area contributed by atoms with E-state index in [0.717, 1.165) is 12.1 Å². The van der Waals surface area contributed by atoms with Gasteiger partial charge < -0.3 is 25.4 Å². The highest BCUT2D eigenvalue weighted by atomic mass is 19.1. The Morgan fingerprint density at radius 1 is 1.24 bits per heavy atom. The van der Waals surface area contributed by atoms with Crippen molar-refractivity contribution in [2.75, 3.05) is 42.6 Å². The van der Waals surface area contributed by atoms with Gasteiger partial charge in [0.25, 0.3) is 5.56 Å². The second-order valence-corrected chi connectivity index (χ2v) is 8.31. The van der Waals surface area contributed by atoms with Gasteiger partial charge in [-0.25, -0.2) is 13.5 Å². The number of anilines is 2. The summed E-state index contributed by atoms with van der Waals surface area (Å²) in [5.41, 5.74) is 3.99. The third kappa shape index (κ3) is 4.48. The van der Waals surface area contributed by atoms with Crippen molar-refractivity contribution in [2.45, 2.75) is 18.9 Å². The van der Waals surface area contributed by atoms with Crippen molar-refractivity contribution in [3.05, 3.63) is 34.1 Å². The molecule has 2 aromatic heterocycles. The van der Waals surface area contributed by atoms with Crippen molar-refractivity contribution in [1.29, 1.82) is 0 Å². The quantitative estimate of drug-likeness (QED) is 0.430. The fourth-order valence-electron chi connectivity index (χ4n) is 3.62. The molecule has 0 bridgehead atoms. The molecule has 0 spiro atoms. The number of benzene rings is 1. The summed E-state index contributed by atoms with van der Waals surface area (Å²) in [6.45, 7) is 2.51. The number of ether oxygens (including phenoxy) is 1. The number of H-pyrrole nitrogens is 1. The van der Waals surface area contributed by atoms with Crippen molar-refractivity contribution in [3.8, 4) is 5.75 Å². The number of aliphatic carboxylic acids is 1. The van der Waals surface area contributed by atoms with Gasteiger partial charge in [0.15, 0.2) is 22.8 Å². The molecule has 0 amide bonds. The molecule has 1 saturated heterocycles. The molecule has 0 saturated carbocycles. The molecule has 34 heavy (non-hydrogen) atoms. The number of halogens is 2. The summed E-state index contributed by atoms with van der Waals surface area (Å²) in [6, 6.07) is 2.11. The number of nitrogens with zero attached hydrogens (tertiary/aromatic N) is 6. The highest BCUT2D eigenvalue weighted by Crippen LogP contribution is 2.29. The molecule has 12 nitrogen and oxygen atoms in total. The van der Waals surface area contributed by atoms with Crippen molar-refractivity contribution >= 4 is 28.8 Å². The van der Waals surface area contributed by atoms with Crippen LogP contribution in [0.3, 0.4) is 0 Å². The minimum atomic E-state index is -1.51. The maximum atomic E-state index is 14.8. The predicted octanol–water partition coefficient (Wildman–Crippen LogP) is 0.227. The molecule has 14 heteroatoms. The number of rotatable bonds is 7. The lowest BCUT2D eigenvalue weighted by molar-refractivity contribution is -0.143. The first-order valence-electron chi connectivity index (χ1n) is 10.5. The van der Waals surface area contributed by atoms with E-state index >= 15 is 0 Å². The third-order valence-electron chi connectivity index (χ3n) is 5.71. The van der Waals surface area contributed by atoms with E-state index < -0.39 is 28.7 Å². The Labute approximate surface area is 191 Å². The first-order valence-corrected chi connectivity index (χ1v) is 10.5. The van der Waals surface area contributed by atoms with Gasteiger partial charge in [-0.15, -0.1) is 5.10 Å². The number of hydrogen-bond acceptors (Lipinski definition) is 9. The van der Waals surface area contributed by atoms with E-state index in [4.69, 9.17) is 15.6 Å². The van der Waals surface area contributed by atoms with Crippen LogP contribution in [-0.2, 0) is 11.8 Å². The molecule has 4 N–H and O–H groups in total. The van der Waals surface area contributed by atoms with Crippen molar-refractivity contribution in [1.82, 2.24) is 25.0 Å². The normalized spacial score (nSPS) is 16.0. The van der Waals surface area contributed by atoms with E-state index in [2.05, 4.69) is 20.3 Å². The first-order chi connectivity index (χ1) is 16.1. The number of nitrogens with one attached hydrogen (secondary N) is 1.